The number of anilines is 2. The maximum absolute atomic E-state index is 13.4. The number of sulfonamides is 1. The zero-order valence-corrected chi connectivity index (χ0v) is 17.1. The summed E-state index contributed by atoms with van der Waals surface area (Å²) in [6, 6.07) is 6.80. The third kappa shape index (κ3) is 3.88. The second kappa shape index (κ2) is 7.45. The van der Waals surface area contributed by atoms with E-state index in [9.17, 15) is 17.9 Å². The Hall–Kier alpha value is -2.40. The maximum Gasteiger partial charge on any atom is 0.243 e. The highest BCUT2D eigenvalue weighted by Gasteiger charge is 2.27. The fraction of sp³-hybridized carbons (Fsp3) is 0.278. The molecule has 2 aromatic carbocycles. The summed E-state index contributed by atoms with van der Waals surface area (Å²) >= 11 is 5.75. The number of fused-ring (bicyclic) bond motifs is 1. The molecule has 8 nitrogen and oxygen atoms in total. The van der Waals surface area contributed by atoms with Gasteiger partial charge in [0, 0.05) is 32.2 Å². The SMILES string of the molecule is CN1CCN(S(=O)(=O)c2ccc3[nH]c(Nc4cc(Cl)c(F)cc4O)nc3c2)CC1. The number of aromatic nitrogens is 2. The van der Waals surface area contributed by atoms with Gasteiger partial charge in [0.1, 0.15) is 11.6 Å². The molecule has 154 valence electrons. The van der Waals surface area contributed by atoms with Gasteiger partial charge in [0.25, 0.3) is 0 Å². The summed E-state index contributed by atoms with van der Waals surface area (Å²) in [5.74, 6) is -0.809. The molecule has 1 aliphatic heterocycles. The molecule has 29 heavy (non-hydrogen) atoms. The number of phenolic OH excluding ortho intramolecular Hbond substituents is 1. The third-order valence-corrected chi connectivity index (χ3v) is 7.03. The van der Waals surface area contributed by atoms with Gasteiger partial charge in [-0.1, -0.05) is 11.6 Å². The molecule has 0 spiro atoms. The minimum Gasteiger partial charge on any atom is -0.506 e. The summed E-state index contributed by atoms with van der Waals surface area (Å²) < 4.78 is 40.7. The molecule has 1 aromatic heterocycles. The van der Waals surface area contributed by atoms with Gasteiger partial charge in [-0.25, -0.2) is 17.8 Å². The van der Waals surface area contributed by atoms with Crippen LogP contribution in [0.25, 0.3) is 11.0 Å². The predicted octanol–water partition coefficient (Wildman–Crippen LogP) is 2.74. The van der Waals surface area contributed by atoms with Gasteiger partial charge in [0.2, 0.25) is 16.0 Å². The third-order valence-electron chi connectivity index (χ3n) is 4.85. The molecule has 2 heterocycles. The lowest BCUT2D eigenvalue weighted by atomic mass is 10.3. The normalized spacial score (nSPS) is 16.4. The number of H-pyrrole nitrogens is 1. The Balaban J connectivity index is 1.62. The van der Waals surface area contributed by atoms with Gasteiger partial charge < -0.3 is 20.3 Å². The summed E-state index contributed by atoms with van der Waals surface area (Å²) in [7, 11) is -1.65. The van der Waals surface area contributed by atoms with Gasteiger partial charge in [-0.3, -0.25) is 0 Å². The number of rotatable bonds is 4. The van der Waals surface area contributed by atoms with Crippen molar-refractivity contribution in [1.82, 2.24) is 19.2 Å². The number of phenols is 1. The van der Waals surface area contributed by atoms with Crippen molar-refractivity contribution in [2.45, 2.75) is 4.90 Å². The first-order chi connectivity index (χ1) is 13.7. The Labute approximate surface area is 172 Å². The summed E-state index contributed by atoms with van der Waals surface area (Å²) in [6.07, 6.45) is 0. The molecule has 1 saturated heterocycles. The molecule has 1 fully saturated rings. The number of hydrogen-bond donors (Lipinski definition) is 3. The van der Waals surface area contributed by atoms with Crippen LogP contribution in [0.15, 0.2) is 35.2 Å². The predicted molar refractivity (Wildman–Crippen MR) is 109 cm³/mol. The number of piperazine rings is 1. The minimum absolute atomic E-state index is 0.151. The van der Waals surface area contributed by atoms with E-state index < -0.39 is 15.8 Å². The van der Waals surface area contributed by atoms with Crippen LogP contribution in [0.5, 0.6) is 5.75 Å². The second-order valence-corrected chi connectivity index (χ2v) is 9.23. The molecule has 0 radical (unpaired) electrons. The molecule has 11 heteroatoms. The number of imidazole rings is 1. The molecule has 1 aliphatic rings. The number of halogens is 2. The maximum atomic E-state index is 13.4. The number of nitrogens with one attached hydrogen (secondary N) is 2. The van der Waals surface area contributed by atoms with Crippen molar-refractivity contribution in [2.24, 2.45) is 0 Å². The lowest BCUT2D eigenvalue weighted by Gasteiger charge is -2.31. The summed E-state index contributed by atoms with van der Waals surface area (Å²) in [5.41, 5.74) is 1.22. The van der Waals surface area contributed by atoms with Crippen LogP contribution < -0.4 is 5.32 Å². The van der Waals surface area contributed by atoms with Crippen LogP contribution in [0.1, 0.15) is 0 Å². The Bertz CT molecular complexity index is 1180. The smallest absolute Gasteiger partial charge is 0.243 e. The van der Waals surface area contributed by atoms with Crippen molar-refractivity contribution in [1.29, 1.82) is 0 Å². The Morgan fingerprint density at radius 3 is 2.66 bits per heavy atom. The van der Waals surface area contributed by atoms with Crippen LogP contribution in [0.2, 0.25) is 5.02 Å². The van der Waals surface area contributed by atoms with E-state index in [1.54, 1.807) is 6.07 Å². The van der Waals surface area contributed by atoms with E-state index in [2.05, 4.69) is 20.2 Å². The van der Waals surface area contributed by atoms with Crippen molar-refractivity contribution in [2.75, 3.05) is 38.5 Å². The number of likely N-dealkylation sites (N-methyl/N-ethyl adjacent to an activating group) is 1. The standard InChI is InChI=1S/C18H19ClFN5O3S/c1-24-4-6-25(7-5-24)29(27,28)11-2-3-14-15(8-11)22-18(21-14)23-16-9-12(19)13(20)10-17(16)26/h2-3,8-10,26H,4-7H2,1H3,(H2,21,22,23). The lowest BCUT2D eigenvalue weighted by Crippen LogP contribution is -2.46. The van der Waals surface area contributed by atoms with E-state index in [1.807, 2.05) is 7.05 Å². The monoisotopic (exact) mass is 439 g/mol. The van der Waals surface area contributed by atoms with E-state index >= 15 is 0 Å². The first-order valence-electron chi connectivity index (χ1n) is 8.87. The van der Waals surface area contributed by atoms with Gasteiger partial charge in [-0.2, -0.15) is 4.31 Å². The van der Waals surface area contributed by atoms with E-state index in [-0.39, 0.29) is 27.3 Å². The lowest BCUT2D eigenvalue weighted by molar-refractivity contribution is 0.222. The zero-order chi connectivity index (χ0) is 20.8. The number of aromatic amines is 1. The molecular formula is C18H19ClFN5O3S. The average Bonchev–Trinajstić information content (AvgIpc) is 3.08. The van der Waals surface area contributed by atoms with Gasteiger partial charge in [-0.15, -0.1) is 0 Å². The van der Waals surface area contributed by atoms with Crippen molar-refractivity contribution < 1.29 is 17.9 Å². The van der Waals surface area contributed by atoms with Crippen LogP contribution in [-0.2, 0) is 10.0 Å². The number of hydrogen-bond acceptors (Lipinski definition) is 6. The van der Waals surface area contributed by atoms with Crippen LogP contribution in [0.3, 0.4) is 0 Å². The molecule has 0 bridgehead atoms. The van der Waals surface area contributed by atoms with Gasteiger partial charge in [0.05, 0.1) is 26.6 Å². The van der Waals surface area contributed by atoms with Crippen molar-refractivity contribution in [3.8, 4) is 5.75 Å². The topological polar surface area (TPSA) is 102 Å². The molecule has 0 atom stereocenters. The van der Waals surface area contributed by atoms with Crippen LogP contribution in [0, 0.1) is 5.82 Å². The van der Waals surface area contributed by atoms with Gasteiger partial charge >= 0.3 is 0 Å². The molecule has 0 aliphatic carbocycles. The number of benzene rings is 2. The van der Waals surface area contributed by atoms with Crippen molar-refractivity contribution in [3.63, 3.8) is 0 Å². The fourth-order valence-corrected chi connectivity index (χ4v) is 4.75. The molecule has 0 amide bonds. The Morgan fingerprint density at radius 1 is 1.21 bits per heavy atom. The van der Waals surface area contributed by atoms with Crippen molar-refractivity contribution >= 4 is 44.3 Å². The highest BCUT2D eigenvalue weighted by Crippen LogP contribution is 2.32. The summed E-state index contributed by atoms with van der Waals surface area (Å²) in [4.78, 5) is 9.56. The highest BCUT2D eigenvalue weighted by molar-refractivity contribution is 7.89. The van der Waals surface area contributed by atoms with Crippen LogP contribution in [0.4, 0.5) is 16.0 Å². The van der Waals surface area contributed by atoms with Crippen molar-refractivity contribution in [3.05, 3.63) is 41.2 Å². The molecule has 0 unspecified atom stereocenters. The first-order valence-corrected chi connectivity index (χ1v) is 10.7. The van der Waals surface area contributed by atoms with E-state index in [1.165, 1.54) is 22.5 Å². The molecule has 4 rings (SSSR count). The molecular weight excluding hydrogens is 421 g/mol. The number of aromatic hydroxyl groups is 1. The largest absolute Gasteiger partial charge is 0.506 e. The summed E-state index contributed by atoms with van der Waals surface area (Å²) in [6.45, 7) is 2.24. The zero-order valence-electron chi connectivity index (χ0n) is 15.5. The van der Waals surface area contributed by atoms with Gasteiger partial charge in [-0.05, 0) is 31.3 Å². The highest BCUT2D eigenvalue weighted by atomic mass is 35.5. The van der Waals surface area contributed by atoms with Gasteiger partial charge in [0.15, 0.2) is 0 Å². The molecule has 3 N–H and O–H groups in total. The fourth-order valence-electron chi connectivity index (χ4n) is 3.15. The van der Waals surface area contributed by atoms with Crippen LogP contribution in [-0.4, -0.2) is 65.9 Å². The van der Waals surface area contributed by atoms with E-state index in [4.69, 9.17) is 11.6 Å². The number of nitrogens with zero attached hydrogens (tertiary/aromatic N) is 3. The van der Waals surface area contributed by atoms with E-state index in [0.717, 1.165) is 6.07 Å². The second-order valence-electron chi connectivity index (χ2n) is 6.88. The Morgan fingerprint density at radius 2 is 1.93 bits per heavy atom. The minimum atomic E-state index is -3.61. The average molecular weight is 440 g/mol. The Kier molecular flexibility index (Phi) is 5.11. The molecule has 0 saturated carbocycles. The quantitative estimate of drug-likeness (QED) is 0.540. The summed E-state index contributed by atoms with van der Waals surface area (Å²) in [5, 5.41) is 12.5. The van der Waals surface area contributed by atoms with E-state index in [0.29, 0.717) is 37.2 Å². The van der Waals surface area contributed by atoms with Crippen LogP contribution >= 0.6 is 11.6 Å². The first kappa shape index (κ1) is 19.9. The molecule has 3 aromatic rings.